The first-order valence-electron chi connectivity index (χ1n) is 4.74. The lowest BCUT2D eigenvalue weighted by molar-refractivity contribution is 0.840. The summed E-state index contributed by atoms with van der Waals surface area (Å²) in [4.78, 5) is 0. The molecule has 0 bridgehead atoms. The second kappa shape index (κ2) is 2.51. The van der Waals surface area contributed by atoms with Crippen LogP contribution in [0.15, 0.2) is 30.6 Å². The highest BCUT2D eigenvalue weighted by molar-refractivity contribution is 5.84. The molecule has 3 aromatic heterocycles. The van der Waals surface area contributed by atoms with Gasteiger partial charge in [0, 0.05) is 0 Å². The van der Waals surface area contributed by atoms with E-state index in [1.54, 1.807) is 10.8 Å². The fourth-order valence-electron chi connectivity index (χ4n) is 1.90. The average Bonchev–Trinajstić information content (AvgIpc) is 2.98. The molecule has 0 amide bonds. The molecule has 0 aliphatic heterocycles. The van der Waals surface area contributed by atoms with E-state index in [1.807, 2.05) is 28.7 Å². The quantitative estimate of drug-likeness (QED) is 0.418. The molecule has 4 aromatic rings. The summed E-state index contributed by atoms with van der Waals surface area (Å²) in [5.41, 5.74) is 3.16. The van der Waals surface area contributed by atoms with Crippen LogP contribution in [0.1, 0.15) is 0 Å². The fraction of sp³-hybridized carbons (Fsp3) is 0. The minimum Gasteiger partial charge on any atom is -0.277 e. The van der Waals surface area contributed by atoms with E-state index in [4.69, 9.17) is 0 Å². The molecule has 76 valence electrons. The van der Waals surface area contributed by atoms with Gasteiger partial charge in [-0.1, -0.05) is 12.1 Å². The van der Waals surface area contributed by atoms with Crippen molar-refractivity contribution in [3.63, 3.8) is 0 Å². The molecule has 0 radical (unpaired) electrons. The largest absolute Gasteiger partial charge is 0.277 e. The number of fused-ring (bicyclic) bond motifs is 6. The number of hydrogen-bond acceptors (Lipinski definition) is 5. The highest BCUT2D eigenvalue weighted by Gasteiger charge is 2.11. The molecule has 0 atom stereocenters. The maximum Gasteiger partial charge on any atom is 0.225 e. The first-order chi connectivity index (χ1) is 7.95. The molecule has 0 N–H and O–H groups in total. The molecule has 0 unspecified atom stereocenters. The zero-order chi connectivity index (χ0) is 10.5. The van der Waals surface area contributed by atoms with E-state index in [-0.39, 0.29) is 0 Å². The Balaban J connectivity index is 2.51. The number of para-hydroxylation sites is 2. The van der Waals surface area contributed by atoms with E-state index in [1.165, 1.54) is 0 Å². The molecular formula is C9H5N7. The zero-order valence-corrected chi connectivity index (χ0v) is 8.02. The van der Waals surface area contributed by atoms with Crippen molar-refractivity contribution in [1.29, 1.82) is 0 Å². The number of benzene rings is 1. The summed E-state index contributed by atoms with van der Waals surface area (Å²) in [5, 5.41) is 19.5. The second-order valence-corrected chi connectivity index (χ2v) is 3.43. The number of rotatable bonds is 0. The fourth-order valence-corrected chi connectivity index (χ4v) is 1.90. The SMILES string of the molecule is c1ccc2c(c1)n1cnnc1c1nnnn21. The average molecular weight is 211 g/mol. The molecule has 0 aliphatic carbocycles. The van der Waals surface area contributed by atoms with Crippen molar-refractivity contribution >= 4 is 22.3 Å². The Morgan fingerprint density at radius 1 is 0.938 bits per heavy atom. The van der Waals surface area contributed by atoms with E-state index >= 15 is 0 Å². The van der Waals surface area contributed by atoms with Crippen molar-refractivity contribution in [2.45, 2.75) is 0 Å². The number of tetrazole rings is 1. The third kappa shape index (κ3) is 0.761. The van der Waals surface area contributed by atoms with E-state index in [9.17, 15) is 0 Å². The third-order valence-electron chi connectivity index (χ3n) is 2.59. The first-order valence-corrected chi connectivity index (χ1v) is 4.74. The number of nitrogens with zero attached hydrogens (tertiary/aromatic N) is 7. The van der Waals surface area contributed by atoms with Crippen LogP contribution in [0.3, 0.4) is 0 Å². The van der Waals surface area contributed by atoms with Gasteiger partial charge in [0.05, 0.1) is 11.0 Å². The summed E-state index contributed by atoms with van der Waals surface area (Å²) in [6.07, 6.45) is 1.66. The van der Waals surface area contributed by atoms with Gasteiger partial charge in [-0.15, -0.1) is 15.3 Å². The lowest BCUT2D eigenvalue weighted by atomic mass is 10.3. The van der Waals surface area contributed by atoms with Crippen LogP contribution in [0.25, 0.3) is 22.3 Å². The summed E-state index contributed by atoms with van der Waals surface area (Å²) in [6.45, 7) is 0. The van der Waals surface area contributed by atoms with E-state index in [2.05, 4.69) is 25.7 Å². The van der Waals surface area contributed by atoms with Gasteiger partial charge in [-0.05, 0) is 22.6 Å². The molecule has 0 saturated heterocycles. The maximum atomic E-state index is 4.02. The maximum absolute atomic E-state index is 4.02. The Bertz CT molecular complexity index is 743. The topological polar surface area (TPSA) is 73.3 Å². The highest BCUT2D eigenvalue weighted by Crippen LogP contribution is 2.17. The second-order valence-electron chi connectivity index (χ2n) is 3.43. The standard InChI is InChI=1S/C9H5N7/c1-2-4-7-6(3-1)15-5-10-11-8(15)9-12-13-14-16(7)9/h1-5H. The van der Waals surface area contributed by atoms with Gasteiger partial charge in [0.15, 0.2) is 0 Å². The van der Waals surface area contributed by atoms with Gasteiger partial charge >= 0.3 is 0 Å². The van der Waals surface area contributed by atoms with Gasteiger partial charge in [0.25, 0.3) is 0 Å². The molecule has 7 nitrogen and oxygen atoms in total. The Hall–Kier alpha value is -2.57. The third-order valence-corrected chi connectivity index (χ3v) is 2.59. The predicted octanol–water partition coefficient (Wildman–Crippen LogP) is 0.320. The van der Waals surface area contributed by atoms with Crippen molar-refractivity contribution < 1.29 is 0 Å². The van der Waals surface area contributed by atoms with Crippen LogP contribution in [-0.4, -0.2) is 34.6 Å². The van der Waals surface area contributed by atoms with Gasteiger partial charge in [0.2, 0.25) is 11.3 Å². The van der Waals surface area contributed by atoms with Crippen molar-refractivity contribution in [1.82, 2.24) is 34.6 Å². The van der Waals surface area contributed by atoms with Crippen LogP contribution in [0.2, 0.25) is 0 Å². The van der Waals surface area contributed by atoms with Crippen LogP contribution in [0, 0.1) is 0 Å². The smallest absolute Gasteiger partial charge is 0.225 e. The molecular weight excluding hydrogens is 206 g/mol. The zero-order valence-electron chi connectivity index (χ0n) is 8.02. The molecule has 1 aromatic carbocycles. The molecule has 0 spiro atoms. The minimum absolute atomic E-state index is 0.608. The summed E-state index contributed by atoms with van der Waals surface area (Å²) in [6, 6.07) is 7.84. The summed E-state index contributed by atoms with van der Waals surface area (Å²) >= 11 is 0. The Morgan fingerprint density at radius 3 is 2.75 bits per heavy atom. The van der Waals surface area contributed by atoms with Crippen LogP contribution in [-0.2, 0) is 0 Å². The van der Waals surface area contributed by atoms with Gasteiger partial charge in [-0.3, -0.25) is 4.40 Å². The Kier molecular flexibility index (Phi) is 1.21. The van der Waals surface area contributed by atoms with Gasteiger partial charge in [0.1, 0.15) is 6.33 Å². The Morgan fingerprint density at radius 2 is 1.81 bits per heavy atom. The lowest BCUT2D eigenvalue weighted by Crippen LogP contribution is -1.97. The Labute approximate surface area is 88.3 Å². The van der Waals surface area contributed by atoms with Gasteiger partial charge in [-0.2, -0.15) is 4.52 Å². The molecule has 0 aliphatic rings. The van der Waals surface area contributed by atoms with Crippen LogP contribution < -0.4 is 0 Å². The van der Waals surface area contributed by atoms with E-state index < -0.39 is 0 Å². The van der Waals surface area contributed by atoms with Gasteiger partial charge < -0.3 is 0 Å². The molecule has 0 fully saturated rings. The lowest BCUT2D eigenvalue weighted by Gasteiger charge is -2.01. The minimum atomic E-state index is 0.608. The molecule has 0 saturated carbocycles. The number of aromatic nitrogens is 7. The van der Waals surface area contributed by atoms with Crippen LogP contribution in [0.4, 0.5) is 0 Å². The van der Waals surface area contributed by atoms with Crippen molar-refractivity contribution in [3.05, 3.63) is 30.6 Å². The van der Waals surface area contributed by atoms with Crippen LogP contribution >= 0.6 is 0 Å². The summed E-state index contributed by atoms with van der Waals surface area (Å²) in [7, 11) is 0. The highest BCUT2D eigenvalue weighted by atomic mass is 15.5. The molecule has 3 heterocycles. The first kappa shape index (κ1) is 7.69. The monoisotopic (exact) mass is 211 g/mol. The normalized spacial score (nSPS) is 11.8. The predicted molar refractivity (Wildman–Crippen MR) is 54.8 cm³/mol. The van der Waals surface area contributed by atoms with Crippen molar-refractivity contribution in [3.8, 4) is 0 Å². The summed E-state index contributed by atoms with van der Waals surface area (Å²) in [5.74, 6) is 0. The number of hydrogen-bond donors (Lipinski definition) is 0. The molecule has 4 rings (SSSR count). The molecule has 16 heavy (non-hydrogen) atoms. The van der Waals surface area contributed by atoms with Gasteiger partial charge in [-0.25, -0.2) is 0 Å². The van der Waals surface area contributed by atoms with Crippen LogP contribution in [0.5, 0.6) is 0 Å². The van der Waals surface area contributed by atoms with Crippen molar-refractivity contribution in [2.24, 2.45) is 0 Å². The van der Waals surface area contributed by atoms with E-state index in [0.717, 1.165) is 11.0 Å². The molecule has 7 heteroatoms. The summed E-state index contributed by atoms with van der Waals surface area (Å²) < 4.78 is 3.54. The van der Waals surface area contributed by atoms with Crippen molar-refractivity contribution in [2.75, 3.05) is 0 Å². The van der Waals surface area contributed by atoms with E-state index in [0.29, 0.717) is 11.3 Å².